The third-order valence-corrected chi connectivity index (χ3v) is 3.76. The minimum atomic E-state index is -0.210. The van der Waals surface area contributed by atoms with Gasteiger partial charge in [0.1, 0.15) is 5.82 Å². The molecule has 0 saturated carbocycles. The highest BCUT2D eigenvalue weighted by molar-refractivity contribution is 6.01. The van der Waals surface area contributed by atoms with E-state index in [4.69, 9.17) is 9.47 Å². The van der Waals surface area contributed by atoms with Gasteiger partial charge in [-0.2, -0.15) is 5.10 Å². The molecule has 6 nitrogen and oxygen atoms in total. The molecule has 0 aliphatic carbocycles. The molecule has 134 valence electrons. The molecule has 1 heterocycles. The minimum Gasteiger partial charge on any atom is -0.490 e. The first kappa shape index (κ1) is 18.6. The van der Waals surface area contributed by atoms with Gasteiger partial charge in [0.15, 0.2) is 11.5 Å². The number of amides is 1. The van der Waals surface area contributed by atoms with E-state index >= 15 is 0 Å². The Bertz CT molecular complexity index is 778. The summed E-state index contributed by atoms with van der Waals surface area (Å²) in [6.07, 6.45) is 3.24. The summed E-state index contributed by atoms with van der Waals surface area (Å²) in [5.74, 6) is 1.86. The number of hydrogen-bond donors (Lipinski definition) is 1. The van der Waals surface area contributed by atoms with Crippen LogP contribution >= 0.6 is 0 Å². The molecule has 1 aromatic heterocycles. The van der Waals surface area contributed by atoms with Crippen molar-refractivity contribution in [3.63, 3.8) is 0 Å². The van der Waals surface area contributed by atoms with E-state index in [0.29, 0.717) is 30.5 Å². The molecule has 0 spiro atoms. The summed E-state index contributed by atoms with van der Waals surface area (Å²) in [5.41, 5.74) is 2.72. The van der Waals surface area contributed by atoms with Gasteiger partial charge in [0.05, 0.1) is 18.9 Å². The third kappa shape index (κ3) is 4.62. The lowest BCUT2D eigenvalue weighted by atomic mass is 10.2. The second-order valence-electron chi connectivity index (χ2n) is 5.58. The number of carbonyl (C=O) groups excluding carboxylic acids is 1. The van der Waals surface area contributed by atoms with Gasteiger partial charge in [0.2, 0.25) is 5.91 Å². The van der Waals surface area contributed by atoms with Gasteiger partial charge in [0.25, 0.3) is 0 Å². The van der Waals surface area contributed by atoms with E-state index in [1.54, 1.807) is 17.8 Å². The maximum Gasteiger partial charge on any atom is 0.249 e. The molecule has 1 N–H and O–H groups in total. The number of ether oxygens (including phenoxy) is 2. The van der Waals surface area contributed by atoms with Crippen LogP contribution in [0.3, 0.4) is 0 Å². The Morgan fingerprint density at radius 3 is 2.48 bits per heavy atom. The first-order valence-electron chi connectivity index (χ1n) is 8.35. The van der Waals surface area contributed by atoms with Crippen LogP contribution in [-0.2, 0) is 11.8 Å². The van der Waals surface area contributed by atoms with Crippen molar-refractivity contribution in [2.75, 3.05) is 18.5 Å². The molecule has 0 radical (unpaired) electrons. The Morgan fingerprint density at radius 2 is 1.88 bits per heavy atom. The molecule has 0 saturated heterocycles. The third-order valence-electron chi connectivity index (χ3n) is 3.76. The fourth-order valence-electron chi connectivity index (χ4n) is 2.44. The zero-order valence-corrected chi connectivity index (χ0v) is 15.4. The molecule has 1 aromatic carbocycles. The smallest absolute Gasteiger partial charge is 0.249 e. The molecule has 0 aliphatic heterocycles. The van der Waals surface area contributed by atoms with Crippen molar-refractivity contribution in [1.82, 2.24) is 9.78 Å². The van der Waals surface area contributed by atoms with Gasteiger partial charge in [-0.3, -0.25) is 9.48 Å². The number of nitrogens with one attached hydrogen (secondary N) is 1. The van der Waals surface area contributed by atoms with E-state index in [1.165, 1.54) is 6.08 Å². The Kier molecular flexibility index (Phi) is 6.22. The molecule has 0 fully saturated rings. The van der Waals surface area contributed by atoms with Crippen LogP contribution in [0.25, 0.3) is 6.08 Å². The number of nitrogens with zero attached hydrogens (tertiary/aromatic N) is 2. The van der Waals surface area contributed by atoms with E-state index in [2.05, 4.69) is 10.4 Å². The normalized spacial score (nSPS) is 10.9. The molecule has 2 aromatic rings. The molecule has 1 amide bonds. The predicted octanol–water partition coefficient (Wildman–Crippen LogP) is 3.49. The molecule has 0 atom stereocenters. The monoisotopic (exact) mass is 343 g/mol. The van der Waals surface area contributed by atoms with E-state index in [9.17, 15) is 4.79 Å². The van der Waals surface area contributed by atoms with Crippen molar-refractivity contribution in [2.45, 2.75) is 27.7 Å². The maximum atomic E-state index is 12.2. The van der Waals surface area contributed by atoms with Crippen LogP contribution in [0.1, 0.15) is 30.7 Å². The molecule has 2 rings (SSSR count). The molecule has 6 heteroatoms. The molecule has 0 unspecified atom stereocenters. The fraction of sp³-hybridized carbons (Fsp3) is 0.368. The number of aromatic nitrogens is 2. The largest absolute Gasteiger partial charge is 0.490 e. The van der Waals surface area contributed by atoms with Gasteiger partial charge in [-0.05, 0) is 51.5 Å². The number of rotatable bonds is 7. The second-order valence-corrected chi connectivity index (χ2v) is 5.58. The second kappa shape index (κ2) is 8.37. The van der Waals surface area contributed by atoms with E-state index in [0.717, 1.165) is 16.8 Å². The first-order valence-corrected chi connectivity index (χ1v) is 8.35. The van der Waals surface area contributed by atoms with E-state index in [-0.39, 0.29) is 5.91 Å². The van der Waals surface area contributed by atoms with E-state index < -0.39 is 0 Å². The van der Waals surface area contributed by atoms with Crippen molar-refractivity contribution < 1.29 is 14.3 Å². The summed E-state index contributed by atoms with van der Waals surface area (Å²) in [4.78, 5) is 12.2. The number of carbonyl (C=O) groups is 1. The summed E-state index contributed by atoms with van der Waals surface area (Å²) >= 11 is 0. The maximum absolute atomic E-state index is 12.2. The van der Waals surface area contributed by atoms with E-state index in [1.807, 2.05) is 45.9 Å². The lowest BCUT2D eigenvalue weighted by Crippen LogP contribution is -2.12. The summed E-state index contributed by atoms with van der Waals surface area (Å²) in [6, 6.07) is 5.59. The predicted molar refractivity (Wildman–Crippen MR) is 99.1 cm³/mol. The Labute approximate surface area is 148 Å². The van der Waals surface area contributed by atoms with Crippen molar-refractivity contribution >= 4 is 17.8 Å². The molecule has 0 aliphatic rings. The van der Waals surface area contributed by atoms with Crippen LogP contribution in [-0.4, -0.2) is 28.9 Å². The van der Waals surface area contributed by atoms with Crippen LogP contribution < -0.4 is 14.8 Å². The molecule has 25 heavy (non-hydrogen) atoms. The average Bonchev–Trinajstić information content (AvgIpc) is 2.82. The number of hydrogen-bond acceptors (Lipinski definition) is 4. The van der Waals surface area contributed by atoms with Gasteiger partial charge in [0, 0.05) is 18.7 Å². The summed E-state index contributed by atoms with van der Waals surface area (Å²) in [7, 11) is 1.81. The fourth-order valence-corrected chi connectivity index (χ4v) is 2.44. The number of anilines is 1. The van der Waals surface area contributed by atoms with Crippen LogP contribution in [0.2, 0.25) is 0 Å². The average molecular weight is 343 g/mol. The van der Waals surface area contributed by atoms with Gasteiger partial charge in [-0.25, -0.2) is 0 Å². The lowest BCUT2D eigenvalue weighted by molar-refractivity contribution is -0.111. The van der Waals surface area contributed by atoms with Crippen molar-refractivity contribution in [3.8, 4) is 11.5 Å². The van der Waals surface area contributed by atoms with Gasteiger partial charge in [-0.1, -0.05) is 6.07 Å². The molecule has 0 bridgehead atoms. The zero-order valence-electron chi connectivity index (χ0n) is 15.4. The lowest BCUT2D eigenvalue weighted by Gasteiger charge is -2.11. The van der Waals surface area contributed by atoms with Crippen LogP contribution in [0.15, 0.2) is 24.3 Å². The topological polar surface area (TPSA) is 65.4 Å². The quantitative estimate of drug-likeness (QED) is 0.782. The zero-order chi connectivity index (χ0) is 18.4. The Hall–Kier alpha value is -2.76. The SMILES string of the molecule is CCOc1ccc(C=CC(=O)Nc2c(C)c(C)nn2C)cc1OCC. The number of benzene rings is 1. The number of aryl methyl sites for hydroxylation is 2. The summed E-state index contributed by atoms with van der Waals surface area (Å²) < 4.78 is 12.8. The molecular formula is C19H25N3O3. The minimum absolute atomic E-state index is 0.210. The van der Waals surface area contributed by atoms with Crippen molar-refractivity contribution in [3.05, 3.63) is 41.1 Å². The van der Waals surface area contributed by atoms with Gasteiger partial charge in [-0.15, -0.1) is 0 Å². The Balaban J connectivity index is 2.12. The standard InChI is InChI=1S/C19H25N3O3/c1-6-24-16-10-8-15(12-17(16)25-7-2)9-11-18(23)20-19-13(3)14(4)21-22(19)5/h8-12H,6-7H2,1-5H3,(H,20,23). The van der Waals surface area contributed by atoms with Crippen LogP contribution in [0, 0.1) is 13.8 Å². The highest BCUT2D eigenvalue weighted by atomic mass is 16.5. The van der Waals surface area contributed by atoms with Crippen LogP contribution in [0.4, 0.5) is 5.82 Å². The highest BCUT2D eigenvalue weighted by Gasteiger charge is 2.10. The summed E-state index contributed by atoms with van der Waals surface area (Å²) in [5, 5.41) is 7.15. The summed E-state index contributed by atoms with van der Waals surface area (Å²) in [6.45, 7) is 8.81. The van der Waals surface area contributed by atoms with Gasteiger partial charge < -0.3 is 14.8 Å². The first-order chi connectivity index (χ1) is 12.0. The van der Waals surface area contributed by atoms with Crippen molar-refractivity contribution in [1.29, 1.82) is 0 Å². The highest BCUT2D eigenvalue weighted by Crippen LogP contribution is 2.29. The van der Waals surface area contributed by atoms with Crippen LogP contribution in [0.5, 0.6) is 11.5 Å². The van der Waals surface area contributed by atoms with Crippen molar-refractivity contribution in [2.24, 2.45) is 7.05 Å². The molecular weight excluding hydrogens is 318 g/mol. The van der Waals surface area contributed by atoms with Gasteiger partial charge >= 0.3 is 0 Å². The Morgan fingerprint density at radius 1 is 1.20 bits per heavy atom.